The zero-order valence-corrected chi connectivity index (χ0v) is 15.5. The highest BCUT2D eigenvalue weighted by atomic mass is 32.1. The van der Waals surface area contributed by atoms with Crippen LogP contribution in [-0.2, 0) is 0 Å². The number of methoxy groups -OCH3 is 1. The van der Waals surface area contributed by atoms with Gasteiger partial charge in [-0.3, -0.25) is 5.32 Å². The molecule has 0 spiro atoms. The Labute approximate surface area is 151 Å². The summed E-state index contributed by atoms with van der Waals surface area (Å²) in [6.45, 7) is 4.41. The Balaban J connectivity index is 1.66. The van der Waals surface area contributed by atoms with Gasteiger partial charge in [0.05, 0.1) is 12.8 Å². The highest BCUT2D eigenvalue weighted by Crippen LogP contribution is 2.33. The average Bonchev–Trinajstić information content (AvgIpc) is 3.03. The van der Waals surface area contributed by atoms with E-state index in [4.69, 9.17) is 4.74 Å². The molecule has 1 aromatic carbocycles. The third kappa shape index (κ3) is 4.01. The number of piperidine rings is 1. The summed E-state index contributed by atoms with van der Waals surface area (Å²) >= 11 is 1.40. The molecule has 0 radical (unpaired) electrons. The van der Waals surface area contributed by atoms with E-state index in [9.17, 15) is 4.79 Å². The van der Waals surface area contributed by atoms with Crippen molar-refractivity contribution in [2.24, 2.45) is 0 Å². The van der Waals surface area contributed by atoms with E-state index in [1.165, 1.54) is 17.8 Å². The molecule has 1 aliphatic heterocycles. The van der Waals surface area contributed by atoms with Crippen LogP contribution in [0.5, 0.6) is 5.75 Å². The summed E-state index contributed by atoms with van der Waals surface area (Å²) in [6, 6.07) is 7.75. The first-order valence-electron chi connectivity index (χ1n) is 8.41. The van der Waals surface area contributed by atoms with Gasteiger partial charge in [0.25, 0.3) is 0 Å². The number of urea groups is 1. The molecule has 0 saturated carbocycles. The van der Waals surface area contributed by atoms with Crippen LogP contribution in [0, 0.1) is 0 Å². The molecule has 134 valence electrons. The molecular weight excluding hydrogens is 338 g/mol. The van der Waals surface area contributed by atoms with Crippen molar-refractivity contribution in [2.45, 2.75) is 45.2 Å². The van der Waals surface area contributed by atoms with Crippen molar-refractivity contribution in [1.29, 1.82) is 0 Å². The summed E-state index contributed by atoms with van der Waals surface area (Å²) in [5.74, 6) is 0.603. The van der Waals surface area contributed by atoms with E-state index in [2.05, 4.69) is 39.6 Å². The average molecular weight is 361 g/mol. The van der Waals surface area contributed by atoms with Gasteiger partial charge in [-0.15, -0.1) is 10.2 Å². The molecule has 1 fully saturated rings. The molecule has 2 heterocycles. The fourth-order valence-electron chi connectivity index (χ4n) is 3.17. The molecule has 25 heavy (non-hydrogen) atoms. The van der Waals surface area contributed by atoms with E-state index in [0.717, 1.165) is 18.0 Å². The van der Waals surface area contributed by atoms with Gasteiger partial charge >= 0.3 is 6.03 Å². The Kier molecular flexibility index (Phi) is 5.37. The van der Waals surface area contributed by atoms with Gasteiger partial charge < -0.3 is 15.0 Å². The zero-order chi connectivity index (χ0) is 17.8. The van der Waals surface area contributed by atoms with Gasteiger partial charge in [0, 0.05) is 12.1 Å². The summed E-state index contributed by atoms with van der Waals surface area (Å²) in [4.78, 5) is 14.5. The summed E-state index contributed by atoms with van der Waals surface area (Å²) in [6.07, 6.45) is 3.55. The van der Waals surface area contributed by atoms with Crippen LogP contribution in [0.2, 0.25) is 0 Å². The minimum absolute atomic E-state index is 0.369. The van der Waals surface area contributed by atoms with Crippen LogP contribution in [-0.4, -0.2) is 35.4 Å². The van der Waals surface area contributed by atoms with Crippen LogP contribution in [0.1, 0.15) is 33.1 Å². The zero-order valence-electron chi connectivity index (χ0n) is 14.7. The van der Waals surface area contributed by atoms with Crippen LogP contribution in [0.4, 0.5) is 20.7 Å². The smallest absolute Gasteiger partial charge is 0.325 e. The monoisotopic (exact) mass is 361 g/mol. The Morgan fingerprint density at radius 3 is 2.64 bits per heavy atom. The first kappa shape index (κ1) is 17.5. The standard InChI is InChI=1S/C17H23N5O2S/c1-11-7-6-8-12(2)22(11)17-21-20-16(25-17)19-15(23)18-13-9-4-5-10-14(13)24-3/h4-5,9-12H,6-8H2,1-3H3,(H2,18,19,20,23)/t11-,12-/m0/s1. The maximum Gasteiger partial charge on any atom is 0.325 e. The fourth-order valence-corrected chi connectivity index (χ4v) is 4.11. The Hall–Kier alpha value is -2.35. The van der Waals surface area contributed by atoms with Crippen molar-refractivity contribution in [1.82, 2.24) is 10.2 Å². The van der Waals surface area contributed by atoms with Crippen molar-refractivity contribution in [3.05, 3.63) is 24.3 Å². The number of benzene rings is 1. The van der Waals surface area contributed by atoms with E-state index in [-0.39, 0.29) is 6.03 Å². The highest BCUT2D eigenvalue weighted by molar-refractivity contribution is 7.19. The van der Waals surface area contributed by atoms with Crippen molar-refractivity contribution in [3.8, 4) is 5.75 Å². The van der Waals surface area contributed by atoms with E-state index in [1.807, 2.05) is 12.1 Å². The minimum Gasteiger partial charge on any atom is -0.495 e. The lowest BCUT2D eigenvalue weighted by atomic mass is 9.98. The number of aromatic nitrogens is 2. The molecule has 0 aliphatic carbocycles. The summed E-state index contributed by atoms with van der Waals surface area (Å²) < 4.78 is 5.23. The molecule has 3 rings (SSSR count). The molecular formula is C17H23N5O2S. The number of para-hydroxylation sites is 2. The predicted octanol–water partition coefficient (Wildman–Crippen LogP) is 3.96. The van der Waals surface area contributed by atoms with Gasteiger partial charge in [0.2, 0.25) is 10.3 Å². The van der Waals surface area contributed by atoms with Crippen LogP contribution in [0.15, 0.2) is 24.3 Å². The largest absolute Gasteiger partial charge is 0.495 e. The third-order valence-electron chi connectivity index (χ3n) is 4.40. The second kappa shape index (κ2) is 7.69. The van der Waals surface area contributed by atoms with Crippen molar-refractivity contribution >= 4 is 33.3 Å². The molecule has 1 aromatic heterocycles. The first-order chi connectivity index (χ1) is 12.1. The molecule has 0 unspecified atom stereocenters. The highest BCUT2D eigenvalue weighted by Gasteiger charge is 2.27. The maximum atomic E-state index is 12.2. The number of carbonyl (C=O) groups excluding carboxylic acids is 1. The lowest BCUT2D eigenvalue weighted by Crippen LogP contribution is -2.43. The number of anilines is 3. The molecule has 8 heteroatoms. The van der Waals surface area contributed by atoms with E-state index in [1.54, 1.807) is 19.2 Å². The quantitative estimate of drug-likeness (QED) is 0.862. The van der Waals surface area contributed by atoms with Crippen molar-refractivity contribution in [2.75, 3.05) is 22.6 Å². The van der Waals surface area contributed by atoms with Gasteiger partial charge in [0.1, 0.15) is 5.75 Å². The van der Waals surface area contributed by atoms with Gasteiger partial charge in [-0.05, 0) is 45.2 Å². The van der Waals surface area contributed by atoms with E-state index >= 15 is 0 Å². The molecule has 1 aliphatic rings. The molecule has 2 atom stereocenters. The van der Waals surface area contributed by atoms with Crippen LogP contribution in [0.25, 0.3) is 0 Å². The Morgan fingerprint density at radius 2 is 1.92 bits per heavy atom. The predicted molar refractivity (Wildman–Crippen MR) is 101 cm³/mol. The number of hydrogen-bond donors (Lipinski definition) is 2. The van der Waals surface area contributed by atoms with Crippen molar-refractivity contribution in [3.63, 3.8) is 0 Å². The van der Waals surface area contributed by atoms with Crippen LogP contribution < -0.4 is 20.3 Å². The number of carbonyl (C=O) groups is 1. The van der Waals surface area contributed by atoms with Gasteiger partial charge in [0.15, 0.2) is 0 Å². The molecule has 2 aromatic rings. The van der Waals surface area contributed by atoms with Gasteiger partial charge in [-0.2, -0.15) is 0 Å². The van der Waals surface area contributed by atoms with Crippen LogP contribution >= 0.6 is 11.3 Å². The number of amides is 2. The molecule has 2 amide bonds. The molecule has 7 nitrogen and oxygen atoms in total. The Bertz CT molecular complexity index is 725. The number of rotatable bonds is 4. The van der Waals surface area contributed by atoms with Gasteiger partial charge in [-0.1, -0.05) is 23.5 Å². The fraction of sp³-hybridized carbons (Fsp3) is 0.471. The van der Waals surface area contributed by atoms with E-state index in [0.29, 0.717) is 28.7 Å². The number of nitrogens with one attached hydrogen (secondary N) is 2. The third-order valence-corrected chi connectivity index (χ3v) is 5.26. The Morgan fingerprint density at radius 1 is 1.20 bits per heavy atom. The normalized spacial score (nSPS) is 20.2. The lowest BCUT2D eigenvalue weighted by molar-refractivity contribution is 0.262. The summed E-state index contributed by atoms with van der Waals surface area (Å²) in [7, 11) is 1.57. The SMILES string of the molecule is COc1ccccc1NC(=O)Nc1nnc(N2[C@@H](C)CCC[C@@H]2C)s1. The molecule has 1 saturated heterocycles. The maximum absolute atomic E-state index is 12.2. The second-order valence-corrected chi connectivity index (χ2v) is 7.16. The van der Waals surface area contributed by atoms with E-state index < -0.39 is 0 Å². The topological polar surface area (TPSA) is 79.4 Å². The second-order valence-electron chi connectivity index (χ2n) is 6.21. The minimum atomic E-state index is -0.369. The number of nitrogens with zero attached hydrogens (tertiary/aromatic N) is 3. The molecule has 2 N–H and O–H groups in total. The summed E-state index contributed by atoms with van der Waals surface area (Å²) in [5, 5.41) is 15.2. The van der Waals surface area contributed by atoms with Crippen molar-refractivity contribution < 1.29 is 9.53 Å². The number of ether oxygens (including phenoxy) is 1. The summed E-state index contributed by atoms with van der Waals surface area (Å²) in [5.41, 5.74) is 0.602. The molecule has 0 bridgehead atoms. The number of hydrogen-bond acceptors (Lipinski definition) is 6. The van der Waals surface area contributed by atoms with Gasteiger partial charge in [-0.25, -0.2) is 4.79 Å². The first-order valence-corrected chi connectivity index (χ1v) is 9.23. The lowest BCUT2D eigenvalue weighted by Gasteiger charge is -2.38. The van der Waals surface area contributed by atoms with Crippen LogP contribution in [0.3, 0.4) is 0 Å².